The largest absolute Gasteiger partial charge is 0.478 e. The Morgan fingerprint density at radius 2 is 1.83 bits per heavy atom. The second-order valence-electron chi connectivity index (χ2n) is 6.10. The number of furan rings is 1. The summed E-state index contributed by atoms with van der Waals surface area (Å²) in [6.07, 6.45) is 1.39. The highest BCUT2D eigenvalue weighted by atomic mass is 32.2. The van der Waals surface area contributed by atoms with E-state index >= 15 is 0 Å². The number of aryl methyl sites for hydroxylation is 2. The van der Waals surface area contributed by atoms with Crippen LogP contribution in [0.15, 0.2) is 57.1 Å². The molecule has 1 aromatic carbocycles. The molecule has 0 aliphatic carbocycles. The SMILES string of the molecule is Cc1cc(C)nc(SCC(=O)N/N=C\c2ccc(-c3ccc(C(=O)O)cc3)o2)n1. The van der Waals surface area contributed by atoms with Crippen LogP contribution in [0.5, 0.6) is 0 Å². The number of carboxylic acid groups (broad SMARTS) is 1. The van der Waals surface area contributed by atoms with Gasteiger partial charge in [0.05, 0.1) is 17.5 Å². The third-order valence-corrected chi connectivity index (χ3v) is 4.57. The highest BCUT2D eigenvalue weighted by molar-refractivity contribution is 7.99. The van der Waals surface area contributed by atoms with Crippen molar-refractivity contribution < 1.29 is 19.1 Å². The van der Waals surface area contributed by atoms with Crippen molar-refractivity contribution in [3.8, 4) is 11.3 Å². The molecule has 3 rings (SSSR count). The van der Waals surface area contributed by atoms with Crippen LogP contribution in [0.1, 0.15) is 27.5 Å². The minimum atomic E-state index is -0.984. The molecule has 0 aliphatic rings. The molecule has 2 aromatic heterocycles. The molecule has 0 saturated heterocycles. The second-order valence-corrected chi connectivity index (χ2v) is 7.04. The van der Waals surface area contributed by atoms with Gasteiger partial charge in [-0.05, 0) is 44.2 Å². The third-order valence-electron chi connectivity index (χ3n) is 3.72. The minimum Gasteiger partial charge on any atom is -0.478 e. The third kappa shape index (κ3) is 5.76. The van der Waals surface area contributed by atoms with Gasteiger partial charge in [0.1, 0.15) is 11.5 Å². The average molecular weight is 410 g/mol. The van der Waals surface area contributed by atoms with Crippen molar-refractivity contribution in [1.82, 2.24) is 15.4 Å². The summed E-state index contributed by atoms with van der Waals surface area (Å²) >= 11 is 1.23. The number of hydrogen-bond donors (Lipinski definition) is 2. The van der Waals surface area contributed by atoms with Gasteiger partial charge in [-0.25, -0.2) is 20.2 Å². The number of benzene rings is 1. The molecule has 0 atom stereocenters. The van der Waals surface area contributed by atoms with Gasteiger partial charge in [-0.1, -0.05) is 23.9 Å². The van der Waals surface area contributed by atoms with E-state index in [0.29, 0.717) is 16.7 Å². The van der Waals surface area contributed by atoms with Crippen molar-refractivity contribution in [2.75, 3.05) is 5.75 Å². The zero-order valence-corrected chi connectivity index (χ0v) is 16.6. The molecule has 0 radical (unpaired) electrons. The molecule has 0 spiro atoms. The first-order chi connectivity index (χ1) is 13.9. The lowest BCUT2D eigenvalue weighted by Gasteiger charge is -2.02. The van der Waals surface area contributed by atoms with Crippen LogP contribution in [-0.2, 0) is 4.79 Å². The normalized spacial score (nSPS) is 11.0. The predicted octanol–water partition coefficient (Wildman–Crippen LogP) is 3.29. The fraction of sp³-hybridized carbons (Fsp3) is 0.150. The zero-order valence-electron chi connectivity index (χ0n) is 15.7. The Morgan fingerprint density at radius 3 is 2.48 bits per heavy atom. The summed E-state index contributed by atoms with van der Waals surface area (Å²) in [5.74, 6) is -0.114. The summed E-state index contributed by atoms with van der Waals surface area (Å²) in [6, 6.07) is 11.7. The molecule has 2 heterocycles. The number of carboxylic acids is 1. The standard InChI is InChI=1S/C20H18N4O4S/c1-12-9-13(2)23-20(22-12)29-11-18(25)24-21-10-16-7-8-17(28-16)14-3-5-15(6-4-14)19(26)27/h3-10H,11H2,1-2H3,(H,24,25)(H,26,27)/b21-10-. The first-order valence-corrected chi connectivity index (χ1v) is 9.60. The van der Waals surface area contributed by atoms with Gasteiger partial charge >= 0.3 is 5.97 Å². The number of thioether (sulfide) groups is 1. The van der Waals surface area contributed by atoms with E-state index in [0.717, 1.165) is 17.0 Å². The van der Waals surface area contributed by atoms with Gasteiger partial charge in [-0.2, -0.15) is 5.10 Å². The van der Waals surface area contributed by atoms with E-state index in [-0.39, 0.29) is 17.2 Å². The lowest BCUT2D eigenvalue weighted by atomic mass is 10.1. The maximum absolute atomic E-state index is 11.9. The van der Waals surface area contributed by atoms with Crippen LogP contribution in [0.4, 0.5) is 0 Å². The molecular formula is C20H18N4O4S. The number of hydrogen-bond acceptors (Lipinski definition) is 7. The van der Waals surface area contributed by atoms with Gasteiger partial charge in [0, 0.05) is 17.0 Å². The molecule has 0 bridgehead atoms. The van der Waals surface area contributed by atoms with Crippen molar-refractivity contribution in [2.24, 2.45) is 5.10 Å². The number of aromatic carboxylic acids is 1. The Balaban J connectivity index is 1.52. The highest BCUT2D eigenvalue weighted by Crippen LogP contribution is 2.22. The number of hydrazone groups is 1. The smallest absolute Gasteiger partial charge is 0.335 e. The predicted molar refractivity (Wildman–Crippen MR) is 109 cm³/mol. The lowest BCUT2D eigenvalue weighted by molar-refractivity contribution is -0.118. The number of rotatable bonds is 7. The summed E-state index contributed by atoms with van der Waals surface area (Å²) in [5, 5.41) is 13.4. The average Bonchev–Trinajstić information content (AvgIpc) is 3.14. The van der Waals surface area contributed by atoms with Crippen molar-refractivity contribution in [3.05, 3.63) is 65.2 Å². The van der Waals surface area contributed by atoms with Gasteiger partial charge in [0.2, 0.25) is 0 Å². The molecule has 1 amide bonds. The molecule has 0 saturated carbocycles. The van der Waals surface area contributed by atoms with Crippen LogP contribution in [0.3, 0.4) is 0 Å². The lowest BCUT2D eigenvalue weighted by Crippen LogP contribution is -2.19. The molecule has 9 heteroatoms. The summed E-state index contributed by atoms with van der Waals surface area (Å²) in [6.45, 7) is 3.75. The number of aromatic nitrogens is 2. The van der Waals surface area contributed by atoms with Crippen LogP contribution < -0.4 is 5.43 Å². The molecule has 0 fully saturated rings. The summed E-state index contributed by atoms with van der Waals surface area (Å²) in [5.41, 5.74) is 5.07. The first kappa shape index (κ1) is 20.3. The number of carbonyl (C=O) groups excluding carboxylic acids is 1. The topological polar surface area (TPSA) is 118 Å². The monoisotopic (exact) mass is 410 g/mol. The van der Waals surface area contributed by atoms with Gasteiger partial charge < -0.3 is 9.52 Å². The first-order valence-electron chi connectivity index (χ1n) is 8.61. The van der Waals surface area contributed by atoms with E-state index in [1.54, 1.807) is 24.3 Å². The Bertz CT molecular complexity index is 1040. The minimum absolute atomic E-state index is 0.138. The number of nitrogens with one attached hydrogen (secondary N) is 1. The molecule has 3 aromatic rings. The molecule has 2 N–H and O–H groups in total. The molecule has 29 heavy (non-hydrogen) atoms. The zero-order chi connectivity index (χ0) is 20.8. The van der Waals surface area contributed by atoms with E-state index in [9.17, 15) is 9.59 Å². The number of carbonyl (C=O) groups is 2. The summed E-state index contributed by atoms with van der Waals surface area (Å²) in [4.78, 5) is 31.3. The molecular weight excluding hydrogens is 392 g/mol. The molecule has 148 valence electrons. The van der Waals surface area contributed by atoms with E-state index in [2.05, 4.69) is 20.5 Å². The summed E-state index contributed by atoms with van der Waals surface area (Å²) in [7, 11) is 0. The van der Waals surface area contributed by atoms with Gasteiger partial charge in [-0.15, -0.1) is 0 Å². The maximum atomic E-state index is 11.9. The van der Waals surface area contributed by atoms with Crippen molar-refractivity contribution in [2.45, 2.75) is 19.0 Å². The van der Waals surface area contributed by atoms with Crippen LogP contribution in [0.2, 0.25) is 0 Å². The van der Waals surface area contributed by atoms with Crippen molar-refractivity contribution >= 4 is 29.9 Å². The fourth-order valence-electron chi connectivity index (χ4n) is 2.44. The summed E-state index contributed by atoms with van der Waals surface area (Å²) < 4.78 is 5.63. The van der Waals surface area contributed by atoms with E-state index in [1.807, 2.05) is 19.9 Å². The Morgan fingerprint density at radius 1 is 1.14 bits per heavy atom. The molecule has 0 aliphatic heterocycles. The number of amides is 1. The number of nitrogens with zero attached hydrogens (tertiary/aromatic N) is 3. The fourth-order valence-corrected chi connectivity index (χ4v) is 3.18. The van der Waals surface area contributed by atoms with Crippen molar-refractivity contribution in [1.29, 1.82) is 0 Å². The van der Waals surface area contributed by atoms with Crippen molar-refractivity contribution in [3.63, 3.8) is 0 Å². The maximum Gasteiger partial charge on any atom is 0.335 e. The highest BCUT2D eigenvalue weighted by Gasteiger charge is 2.07. The van der Waals surface area contributed by atoms with Gasteiger partial charge in [0.25, 0.3) is 5.91 Å². The van der Waals surface area contributed by atoms with E-state index in [4.69, 9.17) is 9.52 Å². The van der Waals surface area contributed by atoms with Crippen LogP contribution in [-0.4, -0.2) is 38.9 Å². The van der Waals surface area contributed by atoms with Crippen LogP contribution in [0, 0.1) is 13.8 Å². The van der Waals surface area contributed by atoms with Crippen LogP contribution >= 0.6 is 11.8 Å². The Labute approximate surface area is 171 Å². The van der Waals surface area contributed by atoms with E-state index in [1.165, 1.54) is 30.1 Å². The molecule has 0 unspecified atom stereocenters. The second kappa shape index (κ2) is 9.16. The Kier molecular flexibility index (Phi) is 6.40. The molecule has 8 nitrogen and oxygen atoms in total. The Hall–Kier alpha value is -3.46. The quantitative estimate of drug-likeness (QED) is 0.266. The van der Waals surface area contributed by atoms with Gasteiger partial charge in [0.15, 0.2) is 5.16 Å². The van der Waals surface area contributed by atoms with Crippen LogP contribution in [0.25, 0.3) is 11.3 Å². The van der Waals surface area contributed by atoms with Gasteiger partial charge in [-0.3, -0.25) is 4.79 Å². The van der Waals surface area contributed by atoms with E-state index < -0.39 is 5.97 Å².